The minimum absolute atomic E-state index is 0.232. The highest BCUT2D eigenvalue weighted by atomic mass is 32.1. The van der Waals surface area contributed by atoms with Crippen LogP contribution in [0.5, 0.6) is 5.75 Å². The Morgan fingerprint density at radius 3 is 2.79 bits per heavy atom. The first-order chi connectivity index (χ1) is 14.1. The number of benzene rings is 2. The molecule has 4 aromatic rings. The number of hydrogen-bond acceptors (Lipinski definition) is 6. The molecule has 2 aromatic carbocycles. The Morgan fingerprint density at radius 2 is 2.07 bits per heavy atom. The number of thiazole rings is 1. The molecule has 0 bridgehead atoms. The number of aromatic amines is 1. The molecule has 29 heavy (non-hydrogen) atoms. The van der Waals surface area contributed by atoms with E-state index in [1.54, 1.807) is 35.2 Å². The van der Waals surface area contributed by atoms with Gasteiger partial charge in [0.2, 0.25) is 0 Å². The second-order valence-electron chi connectivity index (χ2n) is 5.84. The quantitative estimate of drug-likeness (QED) is 0.459. The number of hydrogen-bond donors (Lipinski definition) is 2. The zero-order chi connectivity index (χ0) is 20.2. The summed E-state index contributed by atoms with van der Waals surface area (Å²) in [5.41, 5.74) is 3.51. The standard InChI is InChI=1S/C20H14FN5O2S/c1-2-28-14-7-8-16(21)15(9-14)19-24-18(25-26-19)12-3-5-13(6-4-12)23-20(27)17-10-29-11-22-17/h2-11H,1H2,(H,23,27)(H,24,25,26). The van der Waals surface area contributed by atoms with Crippen molar-refractivity contribution in [2.45, 2.75) is 0 Å². The molecule has 4 rings (SSSR count). The van der Waals surface area contributed by atoms with Crippen LogP contribution in [-0.2, 0) is 0 Å². The van der Waals surface area contributed by atoms with Crippen molar-refractivity contribution in [3.8, 4) is 28.5 Å². The highest BCUT2D eigenvalue weighted by molar-refractivity contribution is 7.07. The molecule has 0 unspecified atom stereocenters. The molecule has 2 aromatic heterocycles. The maximum atomic E-state index is 14.2. The third-order valence-electron chi connectivity index (χ3n) is 3.96. The summed E-state index contributed by atoms with van der Waals surface area (Å²) in [6, 6.07) is 11.3. The third kappa shape index (κ3) is 4.04. The van der Waals surface area contributed by atoms with Crippen LogP contribution in [0.15, 0.2) is 66.2 Å². The zero-order valence-corrected chi connectivity index (χ0v) is 15.7. The number of amides is 1. The van der Waals surface area contributed by atoms with Gasteiger partial charge in [0.05, 0.1) is 17.3 Å². The van der Waals surface area contributed by atoms with Gasteiger partial charge in [-0.25, -0.2) is 14.4 Å². The maximum Gasteiger partial charge on any atom is 0.275 e. The second-order valence-corrected chi connectivity index (χ2v) is 6.56. The number of nitrogens with zero attached hydrogens (tertiary/aromatic N) is 3. The monoisotopic (exact) mass is 407 g/mol. The van der Waals surface area contributed by atoms with E-state index >= 15 is 0 Å². The molecule has 0 aliphatic heterocycles. The van der Waals surface area contributed by atoms with Gasteiger partial charge in [0, 0.05) is 16.6 Å². The van der Waals surface area contributed by atoms with Gasteiger partial charge in [0.1, 0.15) is 17.3 Å². The number of halogens is 1. The van der Waals surface area contributed by atoms with E-state index in [1.807, 2.05) is 0 Å². The molecule has 0 aliphatic rings. The molecule has 9 heteroatoms. The van der Waals surface area contributed by atoms with Crippen molar-refractivity contribution in [2.75, 3.05) is 5.32 Å². The summed E-state index contributed by atoms with van der Waals surface area (Å²) in [6.45, 7) is 3.48. The maximum absolute atomic E-state index is 14.2. The molecular weight excluding hydrogens is 393 g/mol. The van der Waals surface area contributed by atoms with E-state index in [0.717, 1.165) is 0 Å². The average Bonchev–Trinajstić information content (AvgIpc) is 3.43. The van der Waals surface area contributed by atoms with E-state index in [2.05, 4.69) is 32.1 Å². The number of ether oxygens (including phenoxy) is 1. The number of anilines is 1. The fourth-order valence-electron chi connectivity index (χ4n) is 2.59. The summed E-state index contributed by atoms with van der Waals surface area (Å²) in [5, 5.41) is 11.3. The molecule has 0 aliphatic carbocycles. The number of carbonyl (C=O) groups is 1. The number of carbonyl (C=O) groups excluding carboxylic acids is 1. The summed E-state index contributed by atoms with van der Waals surface area (Å²) in [4.78, 5) is 20.4. The Labute approximate surface area is 168 Å². The van der Waals surface area contributed by atoms with Gasteiger partial charge >= 0.3 is 0 Å². The Kier molecular flexibility index (Phi) is 5.12. The first-order valence-electron chi connectivity index (χ1n) is 8.44. The van der Waals surface area contributed by atoms with E-state index in [9.17, 15) is 9.18 Å². The fourth-order valence-corrected chi connectivity index (χ4v) is 3.12. The average molecular weight is 407 g/mol. The first kappa shape index (κ1) is 18.5. The molecule has 0 radical (unpaired) electrons. The Bertz CT molecular complexity index is 1160. The van der Waals surface area contributed by atoms with Crippen molar-refractivity contribution in [3.05, 3.63) is 77.7 Å². The zero-order valence-electron chi connectivity index (χ0n) is 14.9. The van der Waals surface area contributed by atoms with Gasteiger partial charge in [-0.2, -0.15) is 5.10 Å². The van der Waals surface area contributed by atoms with E-state index in [-0.39, 0.29) is 17.3 Å². The smallest absolute Gasteiger partial charge is 0.275 e. The van der Waals surface area contributed by atoms with Gasteiger partial charge in [0.25, 0.3) is 5.91 Å². The predicted molar refractivity (Wildman–Crippen MR) is 108 cm³/mol. The summed E-state index contributed by atoms with van der Waals surface area (Å²) in [7, 11) is 0. The van der Waals surface area contributed by atoms with Crippen LogP contribution in [0.25, 0.3) is 22.8 Å². The van der Waals surface area contributed by atoms with Crippen molar-refractivity contribution < 1.29 is 13.9 Å². The van der Waals surface area contributed by atoms with Crippen molar-refractivity contribution in [2.24, 2.45) is 0 Å². The molecule has 0 fully saturated rings. The van der Waals surface area contributed by atoms with Crippen LogP contribution in [-0.4, -0.2) is 26.1 Å². The highest BCUT2D eigenvalue weighted by Gasteiger charge is 2.13. The predicted octanol–water partition coefficient (Wildman–Crippen LogP) is 4.51. The van der Waals surface area contributed by atoms with Gasteiger partial charge in [-0.05, 0) is 42.5 Å². The largest absolute Gasteiger partial charge is 0.466 e. The third-order valence-corrected chi connectivity index (χ3v) is 4.55. The number of rotatable bonds is 6. The number of aromatic nitrogens is 4. The summed E-state index contributed by atoms with van der Waals surface area (Å²) in [5.74, 6) is 0.370. The molecule has 0 spiro atoms. The minimum atomic E-state index is -0.454. The number of nitrogens with one attached hydrogen (secondary N) is 2. The molecule has 0 atom stereocenters. The molecule has 1 amide bonds. The lowest BCUT2D eigenvalue weighted by Crippen LogP contribution is -2.11. The van der Waals surface area contributed by atoms with Crippen LogP contribution in [0.4, 0.5) is 10.1 Å². The molecule has 2 N–H and O–H groups in total. The highest BCUT2D eigenvalue weighted by Crippen LogP contribution is 2.27. The van der Waals surface area contributed by atoms with Crippen LogP contribution < -0.4 is 10.1 Å². The van der Waals surface area contributed by atoms with Crippen molar-refractivity contribution >= 4 is 22.9 Å². The second kappa shape index (κ2) is 8.03. The Balaban J connectivity index is 1.53. The SMILES string of the molecule is C=COc1ccc(F)c(-c2nc(-c3ccc(NC(=O)c4cscn4)cc3)n[nH]2)c1. The van der Waals surface area contributed by atoms with Crippen LogP contribution >= 0.6 is 11.3 Å². The first-order valence-corrected chi connectivity index (χ1v) is 9.38. The lowest BCUT2D eigenvalue weighted by Gasteiger charge is -2.04. The molecule has 0 saturated heterocycles. The number of H-pyrrole nitrogens is 1. The van der Waals surface area contributed by atoms with E-state index < -0.39 is 5.82 Å². The van der Waals surface area contributed by atoms with Gasteiger partial charge < -0.3 is 10.1 Å². The van der Waals surface area contributed by atoms with E-state index in [0.29, 0.717) is 28.5 Å². The normalized spacial score (nSPS) is 10.5. The molecular formula is C20H14FN5O2S. The van der Waals surface area contributed by atoms with Crippen LogP contribution in [0, 0.1) is 5.82 Å². The molecule has 0 saturated carbocycles. The van der Waals surface area contributed by atoms with Crippen molar-refractivity contribution in [3.63, 3.8) is 0 Å². The van der Waals surface area contributed by atoms with Gasteiger partial charge in [-0.1, -0.05) is 6.58 Å². The van der Waals surface area contributed by atoms with Gasteiger partial charge in [-0.15, -0.1) is 11.3 Å². The minimum Gasteiger partial charge on any atom is -0.466 e. The van der Waals surface area contributed by atoms with E-state index in [1.165, 1.54) is 35.8 Å². The topological polar surface area (TPSA) is 92.8 Å². The summed E-state index contributed by atoms with van der Waals surface area (Å²) >= 11 is 1.35. The molecule has 2 heterocycles. The fraction of sp³-hybridized carbons (Fsp3) is 0. The van der Waals surface area contributed by atoms with E-state index in [4.69, 9.17) is 4.74 Å². The lowest BCUT2D eigenvalue weighted by molar-refractivity contribution is 0.102. The van der Waals surface area contributed by atoms with Crippen molar-refractivity contribution in [1.82, 2.24) is 20.2 Å². The van der Waals surface area contributed by atoms with Crippen molar-refractivity contribution in [1.29, 1.82) is 0 Å². The lowest BCUT2D eigenvalue weighted by atomic mass is 10.1. The van der Waals surface area contributed by atoms with Crippen LogP contribution in [0.3, 0.4) is 0 Å². The van der Waals surface area contributed by atoms with Gasteiger partial charge in [0.15, 0.2) is 11.6 Å². The Morgan fingerprint density at radius 1 is 1.24 bits per heavy atom. The summed E-state index contributed by atoms with van der Waals surface area (Å²) in [6.07, 6.45) is 1.26. The van der Waals surface area contributed by atoms with Crippen LogP contribution in [0.1, 0.15) is 10.5 Å². The van der Waals surface area contributed by atoms with Gasteiger partial charge in [-0.3, -0.25) is 9.89 Å². The Hall–Kier alpha value is -3.85. The summed E-state index contributed by atoms with van der Waals surface area (Å²) < 4.78 is 19.4. The van der Waals surface area contributed by atoms with Crippen LogP contribution in [0.2, 0.25) is 0 Å². The molecule has 144 valence electrons. The molecule has 7 nitrogen and oxygen atoms in total.